The molecule has 4 aliphatic heterocycles. The number of aliphatic imine (C=N–C) groups is 1. The summed E-state index contributed by atoms with van der Waals surface area (Å²) in [6, 6.07) is 0. The number of halogens is 4. The van der Waals surface area contributed by atoms with Crippen molar-refractivity contribution in [3.05, 3.63) is 60.6 Å². The Morgan fingerprint density at radius 2 is 1.08 bits per heavy atom. The minimum absolute atomic E-state index is 0.0400. The van der Waals surface area contributed by atoms with Crippen molar-refractivity contribution in [3.8, 4) is 0 Å². The molecule has 2 saturated heterocycles. The van der Waals surface area contributed by atoms with Crippen LogP contribution in [0.5, 0.6) is 0 Å². The molecule has 0 spiro atoms. The first-order valence-electron chi connectivity index (χ1n) is 16.7. The van der Waals surface area contributed by atoms with E-state index in [-0.39, 0.29) is 17.5 Å². The molecule has 2 fully saturated rings. The Labute approximate surface area is 357 Å². The van der Waals surface area contributed by atoms with Gasteiger partial charge in [-0.15, -0.1) is 0 Å². The Balaban J connectivity index is 0.000000340. The molecule has 64 heavy (non-hydrogen) atoms. The van der Waals surface area contributed by atoms with E-state index in [4.69, 9.17) is 44.6 Å². The number of hydrogen-bond acceptors (Lipinski definition) is 21. The highest BCUT2D eigenvalue weighted by molar-refractivity contribution is 7.67. The van der Waals surface area contributed by atoms with E-state index in [1.54, 1.807) is 6.92 Å². The molecule has 6 unspecified atom stereocenters. The van der Waals surface area contributed by atoms with Gasteiger partial charge < -0.3 is 79.7 Å². The number of rotatable bonds is 18. The van der Waals surface area contributed by atoms with E-state index in [1.165, 1.54) is 19.3 Å². The first-order chi connectivity index (χ1) is 28.8. The van der Waals surface area contributed by atoms with Gasteiger partial charge in [-0.3, -0.25) is 9.05 Å². The maximum absolute atomic E-state index is 14.8. The zero-order valence-corrected chi connectivity index (χ0v) is 37.7. The zero-order chi connectivity index (χ0) is 49.4. The number of phosphoric acid groups is 6. The number of amidine groups is 1. The molecular weight excluding hydrogens is 1020 g/mol. The largest absolute Gasteiger partial charge is 0.490 e. The molecule has 12 atom stereocenters. The molecule has 0 saturated carbocycles. The molecule has 0 bridgehead atoms. The minimum atomic E-state index is -5.80. The summed E-state index contributed by atoms with van der Waals surface area (Å²) in [7, 11) is -34.0. The van der Waals surface area contributed by atoms with E-state index in [1.807, 2.05) is 0 Å². The number of ether oxygens (including phenoxy) is 2. The highest BCUT2D eigenvalue weighted by atomic mass is 31.3. The van der Waals surface area contributed by atoms with E-state index in [9.17, 15) is 65.0 Å². The molecule has 0 aliphatic carbocycles. The van der Waals surface area contributed by atoms with Crippen molar-refractivity contribution in [3.63, 3.8) is 0 Å². The second kappa shape index (κ2) is 20.3. The van der Waals surface area contributed by atoms with Gasteiger partial charge >= 0.3 is 46.9 Å². The molecule has 4 rings (SSSR count). The molecular formula is C25H41F4N5O24P6. The molecule has 0 aromatic rings. The van der Waals surface area contributed by atoms with Crippen molar-refractivity contribution in [2.75, 3.05) is 26.6 Å². The average Bonchev–Trinajstić information content (AvgIpc) is 3.51. The monoisotopic (exact) mass is 1060 g/mol. The van der Waals surface area contributed by atoms with Gasteiger partial charge in [0.05, 0.1) is 13.2 Å². The lowest BCUT2D eigenvalue weighted by Crippen LogP contribution is -2.55. The van der Waals surface area contributed by atoms with Gasteiger partial charge in [0.15, 0.2) is 36.0 Å². The predicted molar refractivity (Wildman–Crippen MR) is 202 cm³/mol. The molecule has 29 nitrogen and oxygen atoms in total. The maximum Gasteiger partial charge on any atom is 0.490 e. The van der Waals surface area contributed by atoms with Gasteiger partial charge in [0, 0.05) is 23.7 Å². The van der Waals surface area contributed by atoms with Gasteiger partial charge in [0.1, 0.15) is 43.0 Å². The molecule has 0 aromatic heterocycles. The van der Waals surface area contributed by atoms with Crippen LogP contribution in [-0.2, 0) is 63.2 Å². The first kappa shape index (κ1) is 56.3. The van der Waals surface area contributed by atoms with E-state index < -0.39 is 122 Å². The van der Waals surface area contributed by atoms with Gasteiger partial charge in [0.25, 0.3) is 0 Å². The second-order valence-corrected chi connectivity index (χ2v) is 22.1. The number of allylic oxidation sites excluding steroid dienone is 1. The van der Waals surface area contributed by atoms with Gasteiger partial charge in [-0.25, -0.2) is 49.9 Å². The number of alkyl halides is 4. The summed E-state index contributed by atoms with van der Waals surface area (Å²) in [6.07, 6.45) is -9.83. The fourth-order valence-corrected chi connectivity index (χ4v) is 11.5. The molecule has 0 aromatic carbocycles. The number of phosphoric ester groups is 2. The summed E-state index contributed by atoms with van der Waals surface area (Å²) < 4.78 is 158. The quantitative estimate of drug-likeness (QED) is 0.0673. The lowest BCUT2D eigenvalue weighted by atomic mass is 9.96. The van der Waals surface area contributed by atoms with Gasteiger partial charge in [0.2, 0.25) is 0 Å². The maximum atomic E-state index is 14.8. The topological polar surface area (TPSA) is 435 Å². The van der Waals surface area contributed by atoms with Crippen LogP contribution in [0.15, 0.2) is 65.6 Å². The molecule has 13 N–H and O–H groups in total. The fourth-order valence-electron chi connectivity index (χ4n) is 5.45. The van der Waals surface area contributed by atoms with Gasteiger partial charge in [-0.1, -0.05) is 19.7 Å². The van der Waals surface area contributed by atoms with Gasteiger partial charge in [-0.05, 0) is 19.4 Å². The lowest BCUT2D eigenvalue weighted by molar-refractivity contribution is -0.125. The van der Waals surface area contributed by atoms with Crippen LogP contribution in [0, 0.1) is 0 Å². The first-order valence-corrected chi connectivity index (χ1v) is 25.7. The van der Waals surface area contributed by atoms with Crippen LogP contribution in [0.4, 0.5) is 17.6 Å². The van der Waals surface area contributed by atoms with Crippen molar-refractivity contribution in [1.29, 1.82) is 0 Å². The normalized spacial score (nSPS) is 32.8. The van der Waals surface area contributed by atoms with Crippen LogP contribution in [0.1, 0.15) is 13.8 Å². The average molecular weight is 1060 g/mol. The summed E-state index contributed by atoms with van der Waals surface area (Å²) in [4.78, 5) is 77.0. The SMILES string of the molecule is C=C1N=C(N)C(C)=CN1[C@@H]1O[C@H](COP(=O)(O)OP(=O)(O)OP(=O)(O)O)[C@H](F)C1(O)CF.C=C1NC(=C)N([C@@H]2O[C@H](COP(=O)(O)OP(=O)(O)OP(=O)(O)O)[C@H](F)C2(O)CF)C=C1C. The predicted octanol–water partition coefficient (Wildman–Crippen LogP) is 1.03. The Morgan fingerprint density at radius 1 is 0.703 bits per heavy atom. The number of nitrogens with two attached hydrogens (primary N) is 1. The highest BCUT2D eigenvalue weighted by Crippen LogP contribution is 2.67. The van der Waals surface area contributed by atoms with E-state index in [0.717, 1.165) is 9.80 Å². The van der Waals surface area contributed by atoms with E-state index in [2.05, 4.69) is 56.3 Å². The van der Waals surface area contributed by atoms with Crippen LogP contribution in [-0.4, -0.2) is 140 Å². The zero-order valence-electron chi connectivity index (χ0n) is 32.4. The summed E-state index contributed by atoms with van der Waals surface area (Å²) in [5, 5.41) is 23.7. The lowest BCUT2D eigenvalue weighted by Gasteiger charge is -2.39. The second-order valence-electron chi connectivity index (χ2n) is 13.3. The van der Waals surface area contributed by atoms with Crippen LogP contribution in [0.3, 0.4) is 0 Å². The molecule has 0 radical (unpaired) electrons. The fraction of sp³-hybridized carbons (Fsp3) is 0.560. The van der Waals surface area contributed by atoms with Crippen LogP contribution in [0.2, 0.25) is 0 Å². The number of nitrogens with one attached hydrogen (secondary N) is 1. The highest BCUT2D eigenvalue weighted by Gasteiger charge is 2.61. The molecule has 0 amide bonds. The van der Waals surface area contributed by atoms with Crippen molar-refractivity contribution in [1.82, 2.24) is 15.1 Å². The smallest absolute Gasteiger partial charge is 0.383 e. The summed E-state index contributed by atoms with van der Waals surface area (Å²) >= 11 is 0. The van der Waals surface area contributed by atoms with Crippen LogP contribution >= 0.6 is 46.9 Å². The minimum Gasteiger partial charge on any atom is -0.383 e. The standard InChI is InChI=1S/C13H21F2N2O12P3.C12H20F2N3O12P3/c1-7-4-17(9(3)16-8(7)2)12-13(18,6-14)11(15)10(27-12)5-26-31(22,23)29-32(24,25)28-30(19,20)21;1-6-3-17(7(2)16-10(6)15)11-12(18,5-13)9(14)8(27-11)4-26-31(22,23)29-32(24,25)28-30(19,20)21/h4,10-12,16,18H,2-3,5-6H2,1H3,(H,22,23)(H,24,25)(H2,19,20,21);3,8-9,11,18H,2,4-5H2,1H3,(H2,15,16)(H,22,23)(H,24,25)(H2,19,20,21)/t10-,11+,12-,13?;8-,9+,11-,12?/m11/s1. The third-order valence-corrected chi connectivity index (χ3v) is 15.9. The third-order valence-electron chi connectivity index (χ3n) is 8.34. The van der Waals surface area contributed by atoms with Crippen LogP contribution in [0.25, 0.3) is 0 Å². The molecule has 4 aliphatic rings. The van der Waals surface area contributed by atoms with Crippen molar-refractivity contribution in [2.45, 2.75) is 62.1 Å². The van der Waals surface area contributed by atoms with Crippen LogP contribution < -0.4 is 11.1 Å². The van der Waals surface area contributed by atoms with Crippen molar-refractivity contribution >= 4 is 52.8 Å². The van der Waals surface area contributed by atoms with Gasteiger partial charge in [-0.2, -0.15) is 17.2 Å². The summed E-state index contributed by atoms with van der Waals surface area (Å²) in [5.41, 5.74) is 1.28. The van der Waals surface area contributed by atoms with Crippen molar-refractivity contribution in [2.24, 2.45) is 10.7 Å². The Bertz CT molecular complexity index is 2220. The molecule has 39 heteroatoms. The summed E-state index contributed by atoms with van der Waals surface area (Å²) in [6.45, 7) is 8.17. The Hall–Kier alpha value is -2.05. The Kier molecular flexibility index (Phi) is 17.8. The van der Waals surface area contributed by atoms with E-state index >= 15 is 0 Å². The number of nitrogens with zero attached hydrogens (tertiary/aromatic N) is 3. The molecule has 368 valence electrons. The number of aliphatic hydroxyl groups is 2. The number of hydrogen-bond donors (Lipinski definition) is 12. The van der Waals surface area contributed by atoms with E-state index in [0.29, 0.717) is 16.8 Å². The Morgan fingerprint density at radius 3 is 1.45 bits per heavy atom. The van der Waals surface area contributed by atoms with Crippen molar-refractivity contribution < 1.29 is 130 Å². The third kappa shape index (κ3) is 14.5. The summed E-state index contributed by atoms with van der Waals surface area (Å²) in [5.74, 6) is -0.0574. The molecule has 4 heterocycles.